The van der Waals surface area contributed by atoms with Gasteiger partial charge in [0.25, 0.3) is 5.91 Å². The third-order valence-electron chi connectivity index (χ3n) is 5.55. The van der Waals surface area contributed by atoms with Crippen molar-refractivity contribution in [3.8, 4) is 0 Å². The Hall–Kier alpha value is -2.56. The first-order chi connectivity index (χ1) is 12.7. The molecule has 1 aromatic heterocycles. The predicted molar refractivity (Wildman–Crippen MR) is 97.7 cm³/mol. The second kappa shape index (κ2) is 7.36. The van der Waals surface area contributed by atoms with Crippen LogP contribution in [0.2, 0.25) is 0 Å². The molecule has 1 aromatic carbocycles. The molecule has 0 radical (unpaired) electrons. The van der Waals surface area contributed by atoms with E-state index in [-0.39, 0.29) is 23.7 Å². The van der Waals surface area contributed by atoms with Crippen LogP contribution in [0.5, 0.6) is 0 Å². The number of hydrogen-bond acceptors (Lipinski definition) is 3. The van der Waals surface area contributed by atoms with Crippen LogP contribution in [0.15, 0.2) is 53.1 Å². The van der Waals surface area contributed by atoms with Gasteiger partial charge in [-0.2, -0.15) is 0 Å². The maximum absolute atomic E-state index is 13.2. The number of carbonyl (C=O) groups excluding carboxylic acids is 2. The zero-order valence-electron chi connectivity index (χ0n) is 14.8. The molecule has 2 saturated heterocycles. The fourth-order valence-corrected chi connectivity index (χ4v) is 4.16. The summed E-state index contributed by atoms with van der Waals surface area (Å²) in [6.07, 6.45) is 4.85. The summed E-state index contributed by atoms with van der Waals surface area (Å²) in [6, 6.07) is 13.5. The Morgan fingerprint density at radius 2 is 1.65 bits per heavy atom. The first kappa shape index (κ1) is 16.9. The third-order valence-corrected chi connectivity index (χ3v) is 5.55. The second-order valence-electron chi connectivity index (χ2n) is 7.20. The summed E-state index contributed by atoms with van der Waals surface area (Å²) < 4.78 is 5.27. The first-order valence-electron chi connectivity index (χ1n) is 9.40. The van der Waals surface area contributed by atoms with Crippen LogP contribution in [0, 0.1) is 5.92 Å². The highest BCUT2D eigenvalue weighted by Gasteiger charge is 2.42. The van der Waals surface area contributed by atoms with Gasteiger partial charge in [0.2, 0.25) is 5.91 Å². The minimum absolute atomic E-state index is 0.0320. The van der Waals surface area contributed by atoms with Crippen LogP contribution < -0.4 is 0 Å². The highest BCUT2D eigenvalue weighted by molar-refractivity contribution is 5.92. The molecule has 2 aliphatic rings. The van der Waals surface area contributed by atoms with Gasteiger partial charge >= 0.3 is 0 Å². The van der Waals surface area contributed by atoms with Crippen LogP contribution in [-0.2, 0) is 4.79 Å². The lowest BCUT2D eigenvalue weighted by molar-refractivity contribution is -0.136. The number of amides is 2. The van der Waals surface area contributed by atoms with Gasteiger partial charge in [-0.3, -0.25) is 9.59 Å². The van der Waals surface area contributed by atoms with E-state index in [0.29, 0.717) is 18.8 Å². The molecular formula is C21H24N2O3. The highest BCUT2D eigenvalue weighted by Crippen LogP contribution is 2.35. The van der Waals surface area contributed by atoms with E-state index in [0.717, 1.165) is 31.5 Å². The molecule has 2 aliphatic heterocycles. The van der Waals surface area contributed by atoms with Gasteiger partial charge < -0.3 is 14.2 Å². The minimum Gasteiger partial charge on any atom is -0.459 e. The normalized spacial score (nSPS) is 23.2. The van der Waals surface area contributed by atoms with Crippen LogP contribution in [0.25, 0.3) is 0 Å². The van der Waals surface area contributed by atoms with Gasteiger partial charge in [-0.1, -0.05) is 30.3 Å². The lowest BCUT2D eigenvalue weighted by Gasteiger charge is -2.30. The number of nitrogens with zero attached hydrogens (tertiary/aromatic N) is 2. The fourth-order valence-electron chi connectivity index (χ4n) is 4.16. The molecule has 0 bridgehead atoms. The Morgan fingerprint density at radius 1 is 0.885 bits per heavy atom. The molecule has 0 saturated carbocycles. The van der Waals surface area contributed by atoms with E-state index in [4.69, 9.17) is 4.42 Å². The van der Waals surface area contributed by atoms with Crippen LogP contribution in [0.3, 0.4) is 0 Å². The average molecular weight is 352 g/mol. The van der Waals surface area contributed by atoms with E-state index in [9.17, 15) is 9.59 Å². The summed E-state index contributed by atoms with van der Waals surface area (Å²) in [5.74, 6) is 0.236. The number of likely N-dealkylation sites (tertiary alicyclic amines) is 2. The van der Waals surface area contributed by atoms with Gasteiger partial charge in [0.15, 0.2) is 5.76 Å². The maximum Gasteiger partial charge on any atom is 0.289 e. The topological polar surface area (TPSA) is 53.8 Å². The van der Waals surface area contributed by atoms with Crippen LogP contribution in [0.4, 0.5) is 0 Å². The number of hydrogen-bond donors (Lipinski definition) is 0. The molecule has 26 heavy (non-hydrogen) atoms. The Morgan fingerprint density at radius 3 is 2.35 bits per heavy atom. The van der Waals surface area contributed by atoms with Crippen molar-refractivity contribution in [3.63, 3.8) is 0 Å². The summed E-state index contributed by atoms with van der Waals surface area (Å²) in [4.78, 5) is 29.7. The molecule has 3 heterocycles. The number of benzene rings is 1. The van der Waals surface area contributed by atoms with Crippen molar-refractivity contribution < 1.29 is 14.0 Å². The molecule has 0 N–H and O–H groups in total. The summed E-state index contributed by atoms with van der Waals surface area (Å²) >= 11 is 0. The van der Waals surface area contributed by atoms with E-state index in [1.54, 1.807) is 17.0 Å². The van der Waals surface area contributed by atoms with Gasteiger partial charge in [-0.15, -0.1) is 0 Å². The SMILES string of the molecule is O=C(c1ccco1)N1CC(C(=O)N2CCCCC2)C(c2ccccc2)C1. The van der Waals surface area contributed by atoms with E-state index >= 15 is 0 Å². The molecule has 136 valence electrons. The lowest BCUT2D eigenvalue weighted by atomic mass is 9.87. The van der Waals surface area contributed by atoms with Crippen molar-refractivity contribution in [1.29, 1.82) is 0 Å². The molecule has 2 atom stereocenters. The van der Waals surface area contributed by atoms with Gasteiger partial charge in [-0.05, 0) is 37.0 Å². The molecule has 2 amide bonds. The van der Waals surface area contributed by atoms with Crippen LogP contribution >= 0.6 is 0 Å². The van der Waals surface area contributed by atoms with E-state index in [1.807, 2.05) is 23.1 Å². The van der Waals surface area contributed by atoms with Gasteiger partial charge in [0.1, 0.15) is 0 Å². The van der Waals surface area contributed by atoms with E-state index in [2.05, 4.69) is 12.1 Å². The number of piperidine rings is 1. The summed E-state index contributed by atoms with van der Waals surface area (Å²) in [6.45, 7) is 2.67. The van der Waals surface area contributed by atoms with Crippen molar-refractivity contribution in [2.45, 2.75) is 25.2 Å². The quantitative estimate of drug-likeness (QED) is 0.853. The Kier molecular flexibility index (Phi) is 4.78. The second-order valence-corrected chi connectivity index (χ2v) is 7.20. The molecular weight excluding hydrogens is 328 g/mol. The van der Waals surface area contributed by atoms with Crippen LogP contribution in [-0.4, -0.2) is 47.8 Å². The van der Waals surface area contributed by atoms with Crippen molar-refractivity contribution >= 4 is 11.8 Å². The van der Waals surface area contributed by atoms with Crippen molar-refractivity contribution in [2.75, 3.05) is 26.2 Å². The smallest absolute Gasteiger partial charge is 0.289 e. The molecule has 2 aromatic rings. The molecule has 2 fully saturated rings. The van der Waals surface area contributed by atoms with E-state index in [1.165, 1.54) is 12.7 Å². The molecule has 5 heteroatoms. The summed E-state index contributed by atoms with van der Waals surface area (Å²) in [5.41, 5.74) is 1.12. The van der Waals surface area contributed by atoms with Crippen LogP contribution in [0.1, 0.15) is 41.3 Å². The van der Waals surface area contributed by atoms with Gasteiger partial charge in [0.05, 0.1) is 12.2 Å². The number of furan rings is 1. The highest BCUT2D eigenvalue weighted by atomic mass is 16.3. The van der Waals surface area contributed by atoms with E-state index < -0.39 is 0 Å². The van der Waals surface area contributed by atoms with Crippen molar-refractivity contribution in [2.24, 2.45) is 5.92 Å². The maximum atomic E-state index is 13.2. The molecule has 2 unspecified atom stereocenters. The zero-order chi connectivity index (χ0) is 17.9. The average Bonchev–Trinajstić information content (AvgIpc) is 3.38. The minimum atomic E-state index is -0.186. The molecule has 0 spiro atoms. The predicted octanol–water partition coefficient (Wildman–Crippen LogP) is 3.15. The Balaban J connectivity index is 1.58. The van der Waals surface area contributed by atoms with Crippen molar-refractivity contribution in [1.82, 2.24) is 9.80 Å². The third kappa shape index (κ3) is 3.26. The number of carbonyl (C=O) groups is 2. The summed E-state index contributed by atoms with van der Waals surface area (Å²) in [5, 5.41) is 0. The number of rotatable bonds is 3. The monoisotopic (exact) mass is 352 g/mol. The fraction of sp³-hybridized carbons (Fsp3) is 0.429. The summed E-state index contributed by atoms with van der Waals surface area (Å²) in [7, 11) is 0. The first-order valence-corrected chi connectivity index (χ1v) is 9.40. The molecule has 0 aliphatic carbocycles. The lowest BCUT2D eigenvalue weighted by Crippen LogP contribution is -2.42. The Labute approximate surface area is 153 Å². The largest absolute Gasteiger partial charge is 0.459 e. The molecule has 5 nitrogen and oxygen atoms in total. The standard InChI is InChI=1S/C21H24N2O3/c24-20(22-11-5-2-6-12-22)18-15-23(21(25)19-10-7-13-26-19)14-17(18)16-8-3-1-4-9-16/h1,3-4,7-10,13,17-18H,2,5-6,11-12,14-15H2. The van der Waals surface area contributed by atoms with Crippen molar-refractivity contribution in [3.05, 3.63) is 60.1 Å². The van der Waals surface area contributed by atoms with Gasteiger partial charge in [0, 0.05) is 32.1 Å². The van der Waals surface area contributed by atoms with Gasteiger partial charge in [-0.25, -0.2) is 0 Å². The zero-order valence-corrected chi connectivity index (χ0v) is 14.8. The molecule has 4 rings (SSSR count). The Bertz CT molecular complexity index is 751.